The molecule has 1 rings (SSSR count). The van der Waals surface area contributed by atoms with Gasteiger partial charge in [0.25, 0.3) is 0 Å². The van der Waals surface area contributed by atoms with E-state index < -0.39 is 48.3 Å². The molecule has 0 amide bonds. The highest BCUT2D eigenvalue weighted by atomic mass is 19.4. The Morgan fingerprint density at radius 3 is 2.23 bits per heavy atom. The standard InChI is InChI=1S/C12H8F6N2O2/c1-19-9-3-2-7(4-8(9)12(16,17)18)20(5-10(21)22)6-11(13,14)15/h2-4H,5-6H2,(H,21,22). The van der Waals surface area contributed by atoms with E-state index in [1.165, 1.54) is 0 Å². The number of hydrogen-bond donors (Lipinski definition) is 1. The van der Waals surface area contributed by atoms with Gasteiger partial charge in [-0.2, -0.15) is 26.3 Å². The molecule has 0 aliphatic heterocycles. The molecule has 0 unspecified atom stereocenters. The number of alkyl halides is 6. The van der Waals surface area contributed by atoms with Crippen LogP contribution in [0.2, 0.25) is 0 Å². The second-order valence-corrected chi connectivity index (χ2v) is 4.18. The van der Waals surface area contributed by atoms with Crippen LogP contribution in [0.4, 0.5) is 37.7 Å². The molecular weight excluding hydrogens is 318 g/mol. The molecule has 0 fully saturated rings. The van der Waals surface area contributed by atoms with Crippen molar-refractivity contribution in [3.63, 3.8) is 0 Å². The first-order chi connectivity index (χ1) is 9.94. The maximum absolute atomic E-state index is 12.8. The van der Waals surface area contributed by atoms with Gasteiger partial charge in [-0.1, -0.05) is 6.07 Å². The van der Waals surface area contributed by atoms with Gasteiger partial charge in [-0.25, -0.2) is 4.85 Å². The number of carboxylic acids is 1. The summed E-state index contributed by atoms with van der Waals surface area (Å²) in [5.41, 5.74) is -2.78. The van der Waals surface area contributed by atoms with Crippen molar-refractivity contribution in [2.75, 3.05) is 18.0 Å². The van der Waals surface area contributed by atoms with Crippen molar-refractivity contribution < 1.29 is 36.2 Å². The van der Waals surface area contributed by atoms with Gasteiger partial charge < -0.3 is 10.0 Å². The van der Waals surface area contributed by atoms with Gasteiger partial charge in [-0.3, -0.25) is 4.79 Å². The first-order valence-corrected chi connectivity index (χ1v) is 5.56. The van der Waals surface area contributed by atoms with Crippen molar-refractivity contribution in [1.82, 2.24) is 0 Å². The van der Waals surface area contributed by atoms with E-state index in [-0.39, 0.29) is 4.90 Å². The summed E-state index contributed by atoms with van der Waals surface area (Å²) < 4.78 is 75.6. The Labute approximate surface area is 120 Å². The number of carboxylic acid groups (broad SMARTS) is 1. The molecule has 0 bridgehead atoms. The Kier molecular flexibility index (Phi) is 4.91. The molecule has 0 saturated carbocycles. The molecule has 10 heteroatoms. The van der Waals surface area contributed by atoms with Crippen LogP contribution in [0.15, 0.2) is 18.2 Å². The molecule has 4 nitrogen and oxygen atoms in total. The second-order valence-electron chi connectivity index (χ2n) is 4.18. The third kappa shape index (κ3) is 4.83. The second kappa shape index (κ2) is 6.13. The predicted molar refractivity (Wildman–Crippen MR) is 63.6 cm³/mol. The molecule has 0 aliphatic rings. The molecule has 0 heterocycles. The van der Waals surface area contributed by atoms with E-state index in [2.05, 4.69) is 4.85 Å². The number of rotatable bonds is 4. The lowest BCUT2D eigenvalue weighted by molar-refractivity contribution is -0.137. The summed E-state index contributed by atoms with van der Waals surface area (Å²) in [6.07, 6.45) is -9.74. The van der Waals surface area contributed by atoms with E-state index in [4.69, 9.17) is 11.7 Å². The highest BCUT2D eigenvalue weighted by Crippen LogP contribution is 2.39. The molecule has 0 aromatic heterocycles. The summed E-state index contributed by atoms with van der Waals surface area (Å²) in [5.74, 6) is -1.63. The van der Waals surface area contributed by atoms with E-state index in [9.17, 15) is 31.1 Å². The number of benzene rings is 1. The van der Waals surface area contributed by atoms with Gasteiger partial charge in [-0.05, 0) is 12.1 Å². The van der Waals surface area contributed by atoms with E-state index in [0.717, 1.165) is 6.07 Å². The lowest BCUT2D eigenvalue weighted by Gasteiger charge is -2.25. The Bertz CT molecular complexity index is 603. The molecule has 0 radical (unpaired) electrons. The van der Waals surface area contributed by atoms with E-state index >= 15 is 0 Å². The highest BCUT2D eigenvalue weighted by molar-refractivity contribution is 5.74. The summed E-state index contributed by atoms with van der Waals surface area (Å²) >= 11 is 0. The minimum Gasteiger partial charge on any atom is -0.480 e. The molecule has 0 aliphatic carbocycles. The van der Waals surface area contributed by atoms with Gasteiger partial charge in [0.1, 0.15) is 13.1 Å². The maximum Gasteiger partial charge on any atom is 0.407 e. The van der Waals surface area contributed by atoms with Crippen molar-refractivity contribution >= 4 is 17.3 Å². The number of halogens is 6. The summed E-state index contributed by atoms with van der Waals surface area (Å²) in [6.45, 7) is 3.78. The first-order valence-electron chi connectivity index (χ1n) is 5.56. The van der Waals surface area contributed by atoms with E-state index in [0.29, 0.717) is 12.1 Å². The normalized spacial score (nSPS) is 11.9. The Balaban J connectivity index is 3.31. The average Bonchev–Trinajstić information content (AvgIpc) is 2.34. The largest absolute Gasteiger partial charge is 0.480 e. The molecule has 0 saturated heterocycles. The molecule has 0 atom stereocenters. The number of nitrogens with zero attached hydrogens (tertiary/aromatic N) is 2. The summed E-state index contributed by atoms with van der Waals surface area (Å²) in [4.78, 5) is 13.5. The zero-order valence-corrected chi connectivity index (χ0v) is 10.7. The number of aliphatic carboxylic acids is 1. The lowest BCUT2D eigenvalue weighted by Crippen LogP contribution is -2.38. The monoisotopic (exact) mass is 326 g/mol. The van der Waals surface area contributed by atoms with Crippen LogP contribution in [0, 0.1) is 6.57 Å². The van der Waals surface area contributed by atoms with Crippen LogP contribution >= 0.6 is 0 Å². The number of hydrogen-bond acceptors (Lipinski definition) is 2. The van der Waals surface area contributed by atoms with Gasteiger partial charge in [0.2, 0.25) is 0 Å². The van der Waals surface area contributed by atoms with Crippen LogP contribution in [0.3, 0.4) is 0 Å². The minimum absolute atomic E-state index is 0.241. The maximum atomic E-state index is 12.8. The molecule has 1 aromatic carbocycles. The summed E-state index contributed by atoms with van der Waals surface area (Å²) in [7, 11) is 0. The van der Waals surface area contributed by atoms with Crippen LogP contribution < -0.4 is 4.90 Å². The van der Waals surface area contributed by atoms with Crippen molar-refractivity contribution in [2.45, 2.75) is 12.4 Å². The fourth-order valence-corrected chi connectivity index (χ4v) is 1.66. The van der Waals surface area contributed by atoms with Crippen LogP contribution in [-0.2, 0) is 11.0 Å². The topological polar surface area (TPSA) is 44.9 Å². The van der Waals surface area contributed by atoms with E-state index in [1.807, 2.05) is 0 Å². The van der Waals surface area contributed by atoms with Gasteiger partial charge in [0, 0.05) is 5.69 Å². The first kappa shape index (κ1) is 17.6. The molecule has 0 spiro atoms. The zero-order valence-electron chi connectivity index (χ0n) is 10.7. The van der Waals surface area contributed by atoms with Crippen LogP contribution in [-0.4, -0.2) is 30.3 Å². The number of anilines is 1. The quantitative estimate of drug-likeness (QED) is 0.678. The predicted octanol–water partition coefficient (Wildman–Crippen LogP) is 3.71. The SMILES string of the molecule is [C-]#[N+]c1ccc(N(CC(=O)O)CC(F)(F)F)cc1C(F)(F)F. The Morgan fingerprint density at radius 1 is 1.23 bits per heavy atom. The fraction of sp³-hybridized carbons (Fsp3) is 0.333. The van der Waals surface area contributed by atoms with Gasteiger partial charge >= 0.3 is 18.3 Å². The van der Waals surface area contributed by atoms with Crippen LogP contribution in [0.25, 0.3) is 4.85 Å². The molecule has 1 aromatic rings. The Hall–Kier alpha value is -2.44. The van der Waals surface area contributed by atoms with Crippen molar-refractivity contribution in [3.8, 4) is 0 Å². The smallest absolute Gasteiger partial charge is 0.407 e. The van der Waals surface area contributed by atoms with Crippen molar-refractivity contribution in [2.24, 2.45) is 0 Å². The van der Waals surface area contributed by atoms with Gasteiger partial charge in [0.15, 0.2) is 5.69 Å². The summed E-state index contributed by atoms with van der Waals surface area (Å²) in [5, 5.41) is 8.59. The van der Waals surface area contributed by atoms with E-state index in [1.54, 1.807) is 0 Å². The average molecular weight is 326 g/mol. The molecular formula is C12H8F6N2O2. The molecule has 22 heavy (non-hydrogen) atoms. The van der Waals surface area contributed by atoms with Crippen LogP contribution in [0.5, 0.6) is 0 Å². The highest BCUT2D eigenvalue weighted by Gasteiger charge is 2.36. The van der Waals surface area contributed by atoms with Crippen LogP contribution in [0.1, 0.15) is 5.56 Å². The lowest BCUT2D eigenvalue weighted by atomic mass is 10.1. The number of carbonyl (C=O) groups is 1. The zero-order chi connectivity index (χ0) is 17.1. The third-order valence-corrected chi connectivity index (χ3v) is 2.47. The van der Waals surface area contributed by atoms with Crippen molar-refractivity contribution in [1.29, 1.82) is 0 Å². The Morgan fingerprint density at radius 2 is 1.82 bits per heavy atom. The van der Waals surface area contributed by atoms with Gasteiger partial charge in [-0.15, -0.1) is 0 Å². The molecule has 1 N–H and O–H groups in total. The summed E-state index contributed by atoms with van der Waals surface area (Å²) in [6, 6.07) is 1.88. The third-order valence-electron chi connectivity index (χ3n) is 2.47. The van der Waals surface area contributed by atoms with Gasteiger partial charge in [0.05, 0.1) is 12.1 Å². The molecule has 120 valence electrons. The fourth-order valence-electron chi connectivity index (χ4n) is 1.66. The minimum atomic E-state index is -4.94. The van der Waals surface area contributed by atoms with Crippen molar-refractivity contribution in [3.05, 3.63) is 35.2 Å².